The van der Waals surface area contributed by atoms with E-state index >= 15 is 0 Å². The molecule has 0 spiro atoms. The summed E-state index contributed by atoms with van der Waals surface area (Å²) in [4.78, 5) is 4.57. The molecule has 6 nitrogen and oxygen atoms in total. The van der Waals surface area contributed by atoms with E-state index in [9.17, 15) is 9.50 Å². The number of aliphatic imine (C=N–C) groups is 1. The van der Waals surface area contributed by atoms with Gasteiger partial charge in [0.05, 0.1) is 26.3 Å². The Balaban J connectivity index is 0.00000341. The van der Waals surface area contributed by atoms with Gasteiger partial charge in [0, 0.05) is 6.54 Å². The second-order valence-electron chi connectivity index (χ2n) is 7.51. The van der Waals surface area contributed by atoms with Gasteiger partial charge in [-0.2, -0.15) is 0 Å². The molecule has 2 aromatic carbocycles. The summed E-state index contributed by atoms with van der Waals surface area (Å²) in [7, 11) is 1.51. The van der Waals surface area contributed by atoms with Crippen LogP contribution < -0.4 is 20.1 Å². The van der Waals surface area contributed by atoms with Crippen molar-refractivity contribution in [2.24, 2.45) is 10.9 Å². The fraction of sp³-hybridized carbons (Fsp3) is 0.435. The average Bonchev–Trinajstić information content (AvgIpc) is 3.56. The van der Waals surface area contributed by atoms with Crippen LogP contribution in [-0.2, 0) is 6.54 Å². The molecule has 1 aliphatic rings. The Labute approximate surface area is 200 Å². The van der Waals surface area contributed by atoms with E-state index in [0.717, 1.165) is 11.1 Å². The highest BCUT2D eigenvalue weighted by molar-refractivity contribution is 14.0. The number of phenols is 1. The van der Waals surface area contributed by atoms with Crippen LogP contribution in [0.3, 0.4) is 0 Å². The second kappa shape index (κ2) is 12.0. The van der Waals surface area contributed by atoms with Crippen LogP contribution in [0.4, 0.5) is 4.39 Å². The predicted molar refractivity (Wildman–Crippen MR) is 131 cm³/mol. The van der Waals surface area contributed by atoms with Crippen molar-refractivity contribution in [3.63, 3.8) is 0 Å². The first-order chi connectivity index (χ1) is 14.5. The molecule has 1 saturated carbocycles. The molecule has 8 heteroatoms. The second-order valence-corrected chi connectivity index (χ2v) is 7.51. The molecule has 0 aliphatic heterocycles. The lowest BCUT2D eigenvalue weighted by atomic mass is 10.1. The average molecular weight is 543 g/mol. The number of ether oxygens (including phenoxy) is 2. The molecule has 31 heavy (non-hydrogen) atoms. The zero-order valence-electron chi connectivity index (χ0n) is 18.2. The normalized spacial score (nSPS) is 14.4. The first-order valence-corrected chi connectivity index (χ1v) is 10.3. The molecule has 0 bridgehead atoms. The van der Waals surface area contributed by atoms with E-state index in [2.05, 4.69) is 15.6 Å². The quantitative estimate of drug-likeness (QED) is 0.242. The van der Waals surface area contributed by atoms with Crippen LogP contribution in [0.1, 0.15) is 43.9 Å². The van der Waals surface area contributed by atoms with E-state index in [-0.39, 0.29) is 41.6 Å². The number of nitrogens with zero attached hydrogens (tertiary/aromatic N) is 1. The number of rotatable bonds is 9. The summed E-state index contributed by atoms with van der Waals surface area (Å²) < 4.78 is 25.0. The van der Waals surface area contributed by atoms with Gasteiger partial charge in [0.15, 0.2) is 29.0 Å². The van der Waals surface area contributed by atoms with Crippen molar-refractivity contribution in [2.45, 2.75) is 39.3 Å². The Bertz CT molecular complexity index is 890. The van der Waals surface area contributed by atoms with Gasteiger partial charge >= 0.3 is 0 Å². The maximum absolute atomic E-state index is 14.4. The van der Waals surface area contributed by atoms with Crippen LogP contribution in [0.15, 0.2) is 41.4 Å². The number of hydrogen-bond donors (Lipinski definition) is 3. The highest BCUT2D eigenvalue weighted by Gasteiger charge is 2.22. The third-order valence-corrected chi connectivity index (χ3v) is 4.99. The Morgan fingerprint density at radius 3 is 2.58 bits per heavy atom. The number of phenolic OH excluding ortho intramolecular Hbond substituents is 1. The lowest BCUT2D eigenvalue weighted by molar-refractivity contribution is 0.285. The number of aromatic hydroxyl groups is 1. The standard InChI is InChI=1S/C23H30FN3O3.HI/c1-4-25-23(26-13-17-7-9-22(29-3)20(28)11-17)27-15(2)18-8-10-21(19(24)12-18)30-14-16-5-6-16;/h7-12,15-16,28H,4-6,13-14H2,1-3H3,(H2,25,26,27);1H. The minimum Gasteiger partial charge on any atom is -0.504 e. The van der Waals surface area contributed by atoms with Gasteiger partial charge in [-0.1, -0.05) is 12.1 Å². The number of hydrogen-bond acceptors (Lipinski definition) is 4. The molecule has 1 unspecified atom stereocenters. The van der Waals surface area contributed by atoms with Crippen molar-refractivity contribution in [2.75, 3.05) is 20.3 Å². The number of methoxy groups -OCH3 is 1. The summed E-state index contributed by atoms with van der Waals surface area (Å²) in [6.45, 7) is 5.58. The van der Waals surface area contributed by atoms with Gasteiger partial charge in [-0.25, -0.2) is 9.38 Å². The molecular formula is C23H31FIN3O3. The van der Waals surface area contributed by atoms with E-state index < -0.39 is 0 Å². The first-order valence-electron chi connectivity index (χ1n) is 10.3. The van der Waals surface area contributed by atoms with Gasteiger partial charge in [0.25, 0.3) is 0 Å². The third-order valence-electron chi connectivity index (χ3n) is 4.99. The van der Waals surface area contributed by atoms with Crippen molar-refractivity contribution in [1.82, 2.24) is 10.6 Å². The van der Waals surface area contributed by atoms with Gasteiger partial charge < -0.3 is 25.2 Å². The fourth-order valence-electron chi connectivity index (χ4n) is 3.01. The largest absolute Gasteiger partial charge is 0.504 e. The molecule has 0 radical (unpaired) electrons. The van der Waals surface area contributed by atoms with Gasteiger partial charge in [-0.05, 0) is 68.0 Å². The molecule has 1 aliphatic carbocycles. The van der Waals surface area contributed by atoms with E-state index in [4.69, 9.17) is 9.47 Å². The molecule has 2 aromatic rings. The topological polar surface area (TPSA) is 75.1 Å². The van der Waals surface area contributed by atoms with Gasteiger partial charge in [-0.15, -0.1) is 24.0 Å². The van der Waals surface area contributed by atoms with Crippen molar-refractivity contribution >= 4 is 29.9 Å². The summed E-state index contributed by atoms with van der Waals surface area (Å²) in [6, 6.07) is 10.1. The maximum Gasteiger partial charge on any atom is 0.192 e. The lowest BCUT2D eigenvalue weighted by Gasteiger charge is -2.19. The van der Waals surface area contributed by atoms with Crippen LogP contribution >= 0.6 is 24.0 Å². The summed E-state index contributed by atoms with van der Waals surface area (Å²) in [5, 5.41) is 16.4. The van der Waals surface area contributed by atoms with Crippen molar-refractivity contribution in [3.05, 3.63) is 53.3 Å². The summed E-state index contributed by atoms with van der Waals surface area (Å²) in [5.74, 6) is 1.64. The van der Waals surface area contributed by atoms with Gasteiger partial charge in [0.1, 0.15) is 0 Å². The van der Waals surface area contributed by atoms with Crippen LogP contribution in [0.5, 0.6) is 17.2 Å². The smallest absolute Gasteiger partial charge is 0.192 e. The molecule has 0 saturated heterocycles. The van der Waals surface area contributed by atoms with Gasteiger partial charge in [-0.3, -0.25) is 0 Å². The molecule has 1 fully saturated rings. The predicted octanol–water partition coefficient (Wildman–Crippen LogP) is 4.76. The highest BCUT2D eigenvalue weighted by Crippen LogP contribution is 2.31. The molecular weight excluding hydrogens is 512 g/mol. The number of benzene rings is 2. The lowest BCUT2D eigenvalue weighted by Crippen LogP contribution is -2.38. The highest BCUT2D eigenvalue weighted by atomic mass is 127. The van der Waals surface area contributed by atoms with E-state index in [1.54, 1.807) is 18.2 Å². The van der Waals surface area contributed by atoms with E-state index in [1.165, 1.54) is 26.0 Å². The first kappa shape index (κ1) is 25.0. The zero-order chi connectivity index (χ0) is 21.5. The van der Waals surface area contributed by atoms with Crippen LogP contribution in [0.2, 0.25) is 0 Å². The zero-order valence-corrected chi connectivity index (χ0v) is 20.5. The fourth-order valence-corrected chi connectivity index (χ4v) is 3.01. The molecule has 0 heterocycles. The van der Waals surface area contributed by atoms with E-state index in [0.29, 0.717) is 43.1 Å². The Kier molecular flexibility index (Phi) is 9.67. The summed E-state index contributed by atoms with van der Waals surface area (Å²) in [5.41, 5.74) is 1.65. The van der Waals surface area contributed by atoms with Crippen LogP contribution in [-0.4, -0.2) is 31.3 Å². The monoisotopic (exact) mass is 543 g/mol. The molecule has 170 valence electrons. The number of nitrogens with one attached hydrogen (secondary N) is 2. The molecule has 3 rings (SSSR count). The van der Waals surface area contributed by atoms with Crippen LogP contribution in [0, 0.1) is 11.7 Å². The maximum atomic E-state index is 14.4. The minimum absolute atomic E-state index is 0. The molecule has 0 amide bonds. The molecule has 1 atom stereocenters. The summed E-state index contributed by atoms with van der Waals surface area (Å²) >= 11 is 0. The Morgan fingerprint density at radius 2 is 1.97 bits per heavy atom. The molecule has 0 aromatic heterocycles. The van der Waals surface area contributed by atoms with E-state index in [1.807, 2.05) is 26.0 Å². The van der Waals surface area contributed by atoms with Crippen LogP contribution in [0.25, 0.3) is 0 Å². The number of guanidine groups is 1. The third kappa shape index (κ3) is 7.45. The van der Waals surface area contributed by atoms with Crippen molar-refractivity contribution in [1.29, 1.82) is 0 Å². The SMILES string of the molecule is CCNC(=NCc1ccc(OC)c(O)c1)NC(C)c1ccc(OCC2CC2)c(F)c1.I. The number of halogens is 2. The summed E-state index contributed by atoms with van der Waals surface area (Å²) in [6.07, 6.45) is 2.34. The van der Waals surface area contributed by atoms with Crippen molar-refractivity contribution in [3.8, 4) is 17.2 Å². The Hall–Kier alpha value is -2.23. The Morgan fingerprint density at radius 1 is 1.23 bits per heavy atom. The molecule has 3 N–H and O–H groups in total. The minimum atomic E-state index is -0.350. The van der Waals surface area contributed by atoms with Crippen molar-refractivity contribution < 1.29 is 19.0 Å². The van der Waals surface area contributed by atoms with Gasteiger partial charge in [0.2, 0.25) is 0 Å².